The van der Waals surface area contributed by atoms with E-state index in [1.54, 1.807) is 6.92 Å². The fourth-order valence-electron chi connectivity index (χ4n) is 4.00. The normalized spacial score (nSPS) is 15.8. The number of hydrogen-bond donors (Lipinski definition) is 4. The summed E-state index contributed by atoms with van der Waals surface area (Å²) in [5, 5.41) is 15.3. The lowest BCUT2D eigenvalue weighted by Gasteiger charge is -2.20. The van der Waals surface area contributed by atoms with Crippen molar-refractivity contribution in [3.8, 4) is 0 Å². The van der Waals surface area contributed by atoms with Crippen molar-refractivity contribution in [3.05, 3.63) is 60.0 Å². The van der Waals surface area contributed by atoms with Crippen molar-refractivity contribution in [2.45, 2.75) is 72.3 Å². The average molecular weight is 488 g/mol. The molecule has 1 aromatic carbocycles. The molecule has 1 saturated carbocycles. The first-order valence-corrected chi connectivity index (χ1v) is 12.0. The first kappa shape index (κ1) is 28.1. The third-order valence-corrected chi connectivity index (χ3v) is 6.16. The van der Waals surface area contributed by atoms with Gasteiger partial charge < -0.3 is 21.5 Å². The molecule has 1 aromatic rings. The quantitative estimate of drug-likeness (QED) is 0.115. The van der Waals surface area contributed by atoms with Crippen molar-refractivity contribution in [2.75, 3.05) is 11.9 Å². The number of allylic oxidation sites excluding steroid dienone is 1. The number of benzene rings is 1. The van der Waals surface area contributed by atoms with Crippen molar-refractivity contribution in [1.29, 1.82) is 0 Å². The van der Waals surface area contributed by atoms with Gasteiger partial charge in [-0.2, -0.15) is 0 Å². The molecule has 6 nitrogen and oxygen atoms in total. The predicted octanol–water partition coefficient (Wildman–Crippen LogP) is 6.62. The van der Waals surface area contributed by atoms with Crippen molar-refractivity contribution >= 4 is 23.1 Å². The second kappa shape index (κ2) is 12.0. The summed E-state index contributed by atoms with van der Waals surface area (Å²) in [4.78, 5) is 9.14. The van der Waals surface area contributed by atoms with Gasteiger partial charge >= 0.3 is 0 Å². The van der Waals surface area contributed by atoms with Crippen LogP contribution in [0.25, 0.3) is 5.70 Å². The van der Waals surface area contributed by atoms with Crippen LogP contribution in [0.1, 0.15) is 76.5 Å². The first-order valence-electron chi connectivity index (χ1n) is 12.0. The highest BCUT2D eigenvalue weighted by Crippen LogP contribution is 2.52. The first-order chi connectivity index (χ1) is 16.4. The van der Waals surface area contributed by atoms with Crippen LogP contribution in [0, 0.1) is 5.41 Å². The summed E-state index contributed by atoms with van der Waals surface area (Å²) >= 11 is 0. The molecule has 0 spiro atoms. The minimum Gasteiger partial charge on any atom is -0.509 e. The second-order valence-electron chi connectivity index (χ2n) is 9.43. The molecule has 1 fully saturated rings. The molecule has 192 valence electrons. The molecule has 0 radical (unpaired) electrons. The smallest absolute Gasteiger partial charge is 0.270 e. The third kappa shape index (κ3) is 8.85. The largest absolute Gasteiger partial charge is 0.509 e. The fourth-order valence-corrected chi connectivity index (χ4v) is 4.00. The van der Waals surface area contributed by atoms with E-state index >= 15 is 0 Å². The Kier molecular flexibility index (Phi) is 9.63. The Balaban J connectivity index is 2.33. The average Bonchev–Trinajstić information content (AvgIpc) is 3.51. The van der Waals surface area contributed by atoms with Gasteiger partial charge in [-0.05, 0) is 68.7 Å². The van der Waals surface area contributed by atoms with E-state index < -0.39 is 5.92 Å². The van der Waals surface area contributed by atoms with Crippen LogP contribution < -0.4 is 16.4 Å². The predicted molar refractivity (Wildman–Crippen MR) is 143 cm³/mol. The Morgan fingerprint density at radius 3 is 2.43 bits per heavy atom. The van der Waals surface area contributed by atoms with Gasteiger partial charge in [0, 0.05) is 36.5 Å². The van der Waals surface area contributed by atoms with Crippen LogP contribution in [0.4, 0.5) is 14.5 Å². The van der Waals surface area contributed by atoms with Gasteiger partial charge in [0.1, 0.15) is 5.76 Å². The molecule has 2 rings (SSSR count). The number of rotatable bonds is 12. The minimum atomic E-state index is -3.06. The molecule has 0 amide bonds. The molecule has 1 aliphatic carbocycles. The summed E-state index contributed by atoms with van der Waals surface area (Å²) in [5.74, 6) is -1.94. The SMILES string of the molecule is C=C(O)/C=C\NC(C)=NCc1cc(C(C)(F)F)cc(C(=C)N)c1NC(C)=NCCC1(CCC)CC1. The number of aliphatic hydroxyl groups excluding tert-OH is 1. The summed E-state index contributed by atoms with van der Waals surface area (Å²) in [7, 11) is 0. The van der Waals surface area contributed by atoms with Gasteiger partial charge in [-0.3, -0.25) is 9.98 Å². The highest BCUT2D eigenvalue weighted by Gasteiger charge is 2.40. The fraction of sp³-hybridized carbons (Fsp3) is 0.481. The maximum atomic E-state index is 14.3. The van der Waals surface area contributed by atoms with E-state index in [-0.39, 0.29) is 23.6 Å². The van der Waals surface area contributed by atoms with Gasteiger partial charge in [-0.25, -0.2) is 8.78 Å². The number of nitrogens with zero attached hydrogens (tertiary/aromatic N) is 2. The molecule has 0 unspecified atom stereocenters. The lowest BCUT2D eigenvalue weighted by Crippen LogP contribution is -2.17. The zero-order chi connectivity index (χ0) is 26.2. The number of halogens is 2. The molecule has 1 aliphatic rings. The van der Waals surface area contributed by atoms with Crippen LogP contribution in [0.5, 0.6) is 0 Å². The molecule has 5 N–H and O–H groups in total. The van der Waals surface area contributed by atoms with E-state index in [0.717, 1.165) is 13.3 Å². The van der Waals surface area contributed by atoms with Crippen molar-refractivity contribution in [2.24, 2.45) is 21.1 Å². The maximum Gasteiger partial charge on any atom is 0.270 e. The van der Waals surface area contributed by atoms with Gasteiger partial charge in [-0.1, -0.05) is 26.5 Å². The molecular weight excluding hydrogens is 448 g/mol. The monoisotopic (exact) mass is 487 g/mol. The van der Waals surface area contributed by atoms with E-state index in [1.165, 1.54) is 50.1 Å². The van der Waals surface area contributed by atoms with Gasteiger partial charge in [0.05, 0.1) is 23.9 Å². The third-order valence-electron chi connectivity index (χ3n) is 6.16. The van der Waals surface area contributed by atoms with Crippen LogP contribution in [0.3, 0.4) is 0 Å². The summed E-state index contributed by atoms with van der Waals surface area (Å²) < 4.78 is 28.5. The van der Waals surface area contributed by atoms with Gasteiger partial charge in [0.15, 0.2) is 0 Å². The van der Waals surface area contributed by atoms with E-state index in [4.69, 9.17) is 10.8 Å². The van der Waals surface area contributed by atoms with E-state index in [9.17, 15) is 8.78 Å². The molecule has 0 heterocycles. The summed E-state index contributed by atoms with van der Waals surface area (Å²) in [6, 6.07) is 2.80. The number of aliphatic imine (C=N–C) groups is 2. The number of anilines is 1. The van der Waals surface area contributed by atoms with Crippen LogP contribution >= 0.6 is 0 Å². The standard InChI is InChI=1S/C27H39F2N5O/c1-7-9-27(10-11-27)12-14-32-21(5)34-25-22(17-33-20(4)31-13-8-18(2)35)15-23(26(6,28)29)16-24(25)19(3)30/h8,13,15-16,35H,2-3,7,9-12,14,17,30H2,1,4-6H3,(H,31,33)(H,32,34)/b13-8-. The van der Waals surface area contributed by atoms with Crippen molar-refractivity contribution < 1.29 is 13.9 Å². The van der Waals surface area contributed by atoms with E-state index in [2.05, 4.69) is 40.7 Å². The van der Waals surface area contributed by atoms with Gasteiger partial charge in [0.2, 0.25) is 0 Å². The number of amidine groups is 2. The Morgan fingerprint density at radius 2 is 1.89 bits per heavy atom. The van der Waals surface area contributed by atoms with Crippen LogP contribution in [0.15, 0.2) is 53.3 Å². The highest BCUT2D eigenvalue weighted by molar-refractivity contribution is 5.97. The molecule has 0 aromatic heterocycles. The zero-order valence-corrected chi connectivity index (χ0v) is 21.3. The summed E-state index contributed by atoms with van der Waals surface area (Å²) in [5.41, 5.74) is 7.98. The van der Waals surface area contributed by atoms with Crippen molar-refractivity contribution in [3.63, 3.8) is 0 Å². The van der Waals surface area contributed by atoms with Crippen LogP contribution in [-0.4, -0.2) is 23.3 Å². The van der Waals surface area contributed by atoms with Crippen LogP contribution in [0.2, 0.25) is 0 Å². The van der Waals surface area contributed by atoms with E-state index in [1.807, 2.05) is 6.92 Å². The second-order valence-corrected chi connectivity index (χ2v) is 9.43. The number of nitrogens with one attached hydrogen (secondary N) is 2. The van der Waals surface area contributed by atoms with Crippen LogP contribution in [-0.2, 0) is 12.5 Å². The zero-order valence-electron chi connectivity index (χ0n) is 21.3. The number of hydrogen-bond acceptors (Lipinski definition) is 4. The van der Waals surface area contributed by atoms with Gasteiger partial charge in [0.25, 0.3) is 5.92 Å². The van der Waals surface area contributed by atoms with Gasteiger partial charge in [-0.15, -0.1) is 0 Å². The lowest BCUT2D eigenvalue weighted by molar-refractivity contribution is 0.0174. The Labute approximate surface area is 207 Å². The maximum absolute atomic E-state index is 14.3. The highest BCUT2D eigenvalue weighted by atomic mass is 19.3. The lowest BCUT2D eigenvalue weighted by atomic mass is 9.97. The number of nitrogens with two attached hydrogens (primary N) is 1. The molecule has 8 heteroatoms. The molecule has 0 saturated heterocycles. The topological polar surface area (TPSA) is 95.0 Å². The summed E-state index contributed by atoms with van der Waals surface area (Å²) in [6.45, 7) is 14.6. The molecular formula is C27H39F2N5O. The number of alkyl halides is 2. The summed E-state index contributed by atoms with van der Waals surface area (Å²) in [6.07, 6.45) is 8.87. The Morgan fingerprint density at radius 1 is 1.20 bits per heavy atom. The Hall–Kier alpha value is -3.16. The van der Waals surface area contributed by atoms with E-state index in [0.29, 0.717) is 40.4 Å². The molecule has 0 aliphatic heterocycles. The Bertz CT molecular complexity index is 1020. The molecule has 0 atom stereocenters. The molecule has 0 bridgehead atoms. The number of aliphatic hydroxyl groups is 1. The minimum absolute atomic E-state index is 0.0992. The van der Waals surface area contributed by atoms with Crippen molar-refractivity contribution in [1.82, 2.24) is 5.32 Å². The molecule has 35 heavy (non-hydrogen) atoms.